The summed E-state index contributed by atoms with van der Waals surface area (Å²) in [7, 11) is -6.31. The van der Waals surface area contributed by atoms with E-state index < -0.39 is 33.4 Å². The van der Waals surface area contributed by atoms with Gasteiger partial charge in [-0.3, -0.25) is 4.55 Å². The quantitative estimate of drug-likeness (QED) is 0.348. The first-order valence-electron chi connectivity index (χ1n) is 4.79. The van der Waals surface area contributed by atoms with Crippen LogP contribution in [0.5, 0.6) is 5.75 Å². The van der Waals surface area contributed by atoms with Crippen LogP contribution in [0.2, 0.25) is 0 Å². The van der Waals surface area contributed by atoms with Crippen molar-refractivity contribution >= 4 is 55.3 Å². The third-order valence-corrected chi connectivity index (χ3v) is 4.18. The summed E-state index contributed by atoms with van der Waals surface area (Å²) >= 11 is 3.43. The van der Waals surface area contributed by atoms with Crippen molar-refractivity contribution in [1.82, 2.24) is 0 Å². The molecule has 12 heteroatoms. The zero-order valence-electron chi connectivity index (χ0n) is 9.54. The van der Waals surface area contributed by atoms with Crippen LogP contribution in [0.4, 0.5) is 22.0 Å². The topological polar surface area (TPSA) is 63.6 Å². The van der Waals surface area contributed by atoms with Gasteiger partial charge in [-0.05, 0) is 63.4 Å². The molecule has 1 aromatic carbocycles. The van der Waals surface area contributed by atoms with Crippen LogP contribution in [0.3, 0.4) is 0 Å². The standard InChI is InChI=1S/C9H5F5I2O4S/c10-8(11,12)7(9(13,14)21(17,18)19)20-6-2-4(15)1-5(16)3-6/h1-3,7H,(H,17,18,19). The van der Waals surface area contributed by atoms with E-state index in [1.807, 2.05) is 0 Å². The lowest BCUT2D eigenvalue weighted by molar-refractivity contribution is -0.239. The largest absolute Gasteiger partial charge is 0.473 e. The van der Waals surface area contributed by atoms with Gasteiger partial charge in [0.25, 0.3) is 6.10 Å². The summed E-state index contributed by atoms with van der Waals surface area (Å²) in [5.41, 5.74) is 0. The Morgan fingerprint density at radius 2 is 1.48 bits per heavy atom. The Labute approximate surface area is 143 Å². The fourth-order valence-corrected chi connectivity index (χ4v) is 3.53. The summed E-state index contributed by atoms with van der Waals surface area (Å²) < 4.78 is 98.7. The molecule has 120 valence electrons. The van der Waals surface area contributed by atoms with Crippen LogP contribution in [0.25, 0.3) is 0 Å². The van der Waals surface area contributed by atoms with E-state index in [1.54, 1.807) is 45.2 Å². The molecule has 0 aliphatic heterocycles. The Balaban J connectivity index is 3.29. The fourth-order valence-electron chi connectivity index (χ4n) is 1.19. The van der Waals surface area contributed by atoms with Crippen molar-refractivity contribution in [3.63, 3.8) is 0 Å². The summed E-state index contributed by atoms with van der Waals surface area (Å²) in [6.07, 6.45) is -9.75. The first kappa shape index (κ1) is 19.1. The summed E-state index contributed by atoms with van der Waals surface area (Å²) in [6.45, 7) is 0. The van der Waals surface area contributed by atoms with Crippen molar-refractivity contribution in [2.45, 2.75) is 17.5 Å². The first-order chi connectivity index (χ1) is 9.25. The van der Waals surface area contributed by atoms with E-state index in [1.165, 1.54) is 6.07 Å². The van der Waals surface area contributed by atoms with E-state index in [4.69, 9.17) is 4.55 Å². The van der Waals surface area contributed by atoms with Gasteiger partial charge in [-0.2, -0.15) is 30.4 Å². The molecule has 0 aliphatic rings. The monoisotopic (exact) mass is 558 g/mol. The number of hydrogen-bond acceptors (Lipinski definition) is 3. The number of alkyl halides is 5. The fraction of sp³-hybridized carbons (Fsp3) is 0.333. The molecule has 0 saturated carbocycles. The van der Waals surface area contributed by atoms with Crippen LogP contribution >= 0.6 is 45.2 Å². The van der Waals surface area contributed by atoms with Gasteiger partial charge in [-0.15, -0.1) is 0 Å². The van der Waals surface area contributed by atoms with Crippen LogP contribution in [0.15, 0.2) is 18.2 Å². The van der Waals surface area contributed by atoms with Crippen LogP contribution in [0.1, 0.15) is 0 Å². The lowest BCUT2D eigenvalue weighted by Crippen LogP contribution is -2.53. The minimum atomic E-state index is -6.31. The molecule has 0 heterocycles. The van der Waals surface area contributed by atoms with Crippen molar-refractivity contribution in [2.24, 2.45) is 0 Å². The molecular weight excluding hydrogens is 553 g/mol. The SMILES string of the molecule is O=S(=O)(O)C(F)(F)C(Oc1cc(I)cc(I)c1)C(F)(F)F. The summed E-state index contributed by atoms with van der Waals surface area (Å²) in [4.78, 5) is 0. The van der Waals surface area contributed by atoms with Crippen LogP contribution in [-0.4, -0.2) is 30.5 Å². The van der Waals surface area contributed by atoms with Crippen LogP contribution in [0, 0.1) is 7.14 Å². The van der Waals surface area contributed by atoms with Crippen LogP contribution < -0.4 is 4.74 Å². The molecule has 0 fully saturated rings. The third-order valence-electron chi connectivity index (χ3n) is 2.04. The number of halogens is 7. The second kappa shape index (κ2) is 6.27. The number of benzene rings is 1. The number of hydrogen-bond donors (Lipinski definition) is 1. The van der Waals surface area contributed by atoms with E-state index in [-0.39, 0.29) is 0 Å². The molecule has 1 N–H and O–H groups in total. The maximum Gasteiger partial charge on any atom is 0.432 e. The molecule has 0 aliphatic carbocycles. The van der Waals surface area contributed by atoms with Gasteiger partial charge >= 0.3 is 21.5 Å². The van der Waals surface area contributed by atoms with Crippen molar-refractivity contribution in [1.29, 1.82) is 0 Å². The van der Waals surface area contributed by atoms with Crippen molar-refractivity contribution in [2.75, 3.05) is 0 Å². The van der Waals surface area contributed by atoms with Gasteiger partial charge in [0.05, 0.1) is 0 Å². The van der Waals surface area contributed by atoms with Crippen LogP contribution in [-0.2, 0) is 10.1 Å². The highest BCUT2D eigenvalue weighted by Crippen LogP contribution is 2.39. The zero-order valence-corrected chi connectivity index (χ0v) is 14.7. The summed E-state index contributed by atoms with van der Waals surface area (Å²) in [6, 6.07) is 3.56. The molecule has 0 spiro atoms. The Kier molecular flexibility index (Phi) is 5.70. The van der Waals surface area contributed by atoms with Gasteiger partial charge in [-0.1, -0.05) is 0 Å². The minimum absolute atomic E-state index is 0.394. The third kappa shape index (κ3) is 4.75. The average Bonchev–Trinajstić information content (AvgIpc) is 2.21. The number of ether oxygens (including phenoxy) is 1. The molecule has 0 amide bonds. The molecule has 0 saturated heterocycles. The average molecular weight is 558 g/mol. The molecule has 4 nitrogen and oxygen atoms in total. The maximum absolute atomic E-state index is 13.3. The lowest BCUT2D eigenvalue weighted by Gasteiger charge is -2.27. The highest BCUT2D eigenvalue weighted by Gasteiger charge is 2.65. The highest BCUT2D eigenvalue weighted by molar-refractivity contribution is 14.1. The van der Waals surface area contributed by atoms with Crippen molar-refractivity contribution in [3.8, 4) is 5.75 Å². The molecule has 1 rings (SSSR count). The van der Waals surface area contributed by atoms with E-state index in [0.717, 1.165) is 12.1 Å². The van der Waals surface area contributed by atoms with Crippen molar-refractivity contribution in [3.05, 3.63) is 25.3 Å². The van der Waals surface area contributed by atoms with Gasteiger partial charge in [0, 0.05) is 7.14 Å². The molecule has 0 radical (unpaired) electrons. The van der Waals surface area contributed by atoms with E-state index in [9.17, 15) is 30.4 Å². The maximum atomic E-state index is 13.3. The molecule has 1 aromatic rings. The zero-order chi connectivity index (χ0) is 16.6. The first-order valence-corrected chi connectivity index (χ1v) is 8.39. The van der Waals surface area contributed by atoms with Gasteiger partial charge in [-0.25, -0.2) is 0 Å². The Morgan fingerprint density at radius 1 is 1.05 bits per heavy atom. The van der Waals surface area contributed by atoms with E-state index in [0.29, 0.717) is 7.14 Å². The molecule has 0 bridgehead atoms. The van der Waals surface area contributed by atoms with E-state index >= 15 is 0 Å². The minimum Gasteiger partial charge on any atom is -0.473 e. The van der Waals surface area contributed by atoms with Gasteiger partial charge < -0.3 is 4.74 Å². The predicted octanol–water partition coefficient (Wildman–Crippen LogP) is 3.69. The Morgan fingerprint density at radius 3 is 1.81 bits per heavy atom. The van der Waals surface area contributed by atoms with Gasteiger partial charge in [0.15, 0.2) is 0 Å². The normalized spacial score (nSPS) is 14.9. The second-order valence-electron chi connectivity index (χ2n) is 3.68. The molecule has 0 aromatic heterocycles. The Bertz CT molecular complexity index is 611. The molecule has 21 heavy (non-hydrogen) atoms. The Hall–Kier alpha value is 0.0400. The number of rotatable bonds is 4. The molecular formula is C9H5F5I2O4S. The predicted molar refractivity (Wildman–Crippen MR) is 78.8 cm³/mol. The smallest absolute Gasteiger partial charge is 0.432 e. The van der Waals surface area contributed by atoms with Gasteiger partial charge in [0.2, 0.25) is 0 Å². The summed E-state index contributed by atoms with van der Waals surface area (Å²) in [5, 5.41) is -5.54. The highest BCUT2D eigenvalue weighted by atomic mass is 127. The lowest BCUT2D eigenvalue weighted by atomic mass is 10.3. The summed E-state index contributed by atoms with van der Waals surface area (Å²) in [5.74, 6) is -0.600. The second-order valence-corrected chi connectivity index (χ2v) is 7.67. The molecule has 1 unspecified atom stereocenters. The van der Waals surface area contributed by atoms with Gasteiger partial charge in [0.1, 0.15) is 5.75 Å². The van der Waals surface area contributed by atoms with Crippen molar-refractivity contribution < 1.29 is 39.7 Å². The molecule has 1 atom stereocenters. The van der Waals surface area contributed by atoms with E-state index in [2.05, 4.69) is 4.74 Å².